The third kappa shape index (κ3) is 2.67. The maximum Gasteiger partial charge on any atom is 0.258 e. The number of amides is 1. The number of nitrogens with one attached hydrogen (secondary N) is 1. The Balaban J connectivity index is 1.75. The van der Waals surface area contributed by atoms with Crippen molar-refractivity contribution in [3.8, 4) is 11.5 Å². The van der Waals surface area contributed by atoms with E-state index >= 15 is 0 Å². The minimum atomic E-state index is -0.708. The first kappa shape index (κ1) is 15.4. The lowest BCUT2D eigenvalue weighted by molar-refractivity contribution is -0.117. The molecule has 2 aromatic rings. The lowest BCUT2D eigenvalue weighted by Gasteiger charge is -2.29. The monoisotopic (exact) mass is 334 g/mol. The molecule has 2 heterocycles. The smallest absolute Gasteiger partial charge is 0.258 e. The number of carbonyl (C=O) groups is 1. The summed E-state index contributed by atoms with van der Waals surface area (Å²) in [6.45, 7) is 4.25. The first-order valence-electron chi connectivity index (χ1n) is 8.22. The number of hydrogen-bond donors (Lipinski definition) is 2. The molecule has 2 aliphatic rings. The number of nitrogens with zero attached hydrogens (tertiary/aromatic N) is 1. The number of phenols is 1. The van der Waals surface area contributed by atoms with Crippen LogP contribution in [-0.4, -0.2) is 23.1 Å². The van der Waals surface area contributed by atoms with Gasteiger partial charge < -0.3 is 15.2 Å². The Kier molecular flexibility index (Phi) is 3.57. The molecule has 2 aromatic carbocycles. The van der Waals surface area contributed by atoms with Crippen LogP contribution in [0.25, 0.3) is 6.08 Å². The third-order valence-corrected chi connectivity index (χ3v) is 4.42. The van der Waals surface area contributed by atoms with E-state index < -0.39 is 6.23 Å². The second kappa shape index (κ2) is 5.77. The second-order valence-corrected chi connectivity index (χ2v) is 6.47. The zero-order chi connectivity index (χ0) is 17.6. The summed E-state index contributed by atoms with van der Waals surface area (Å²) in [6.07, 6.45) is 1.12. The molecule has 126 valence electrons. The molecular weight excluding hydrogens is 316 g/mol. The summed E-state index contributed by atoms with van der Waals surface area (Å²) in [5.41, 5.74) is 3.01. The Morgan fingerprint density at radius 1 is 1.20 bits per heavy atom. The Labute approximate surface area is 145 Å². The van der Waals surface area contributed by atoms with Crippen LogP contribution in [0, 0.1) is 0 Å². The van der Waals surface area contributed by atoms with Gasteiger partial charge in [0, 0.05) is 5.56 Å². The fourth-order valence-electron chi connectivity index (χ4n) is 2.98. The molecule has 5 nitrogen and oxygen atoms in total. The molecule has 4 rings (SSSR count). The minimum Gasteiger partial charge on any atom is -0.507 e. The van der Waals surface area contributed by atoms with Crippen molar-refractivity contribution in [1.82, 2.24) is 5.32 Å². The van der Waals surface area contributed by atoms with E-state index in [4.69, 9.17) is 4.74 Å². The maximum atomic E-state index is 12.5. The van der Waals surface area contributed by atoms with Gasteiger partial charge in [-0.1, -0.05) is 32.0 Å². The van der Waals surface area contributed by atoms with Gasteiger partial charge in [0.25, 0.3) is 5.91 Å². The molecule has 25 heavy (non-hydrogen) atoms. The molecule has 0 aromatic heterocycles. The summed E-state index contributed by atoms with van der Waals surface area (Å²) >= 11 is 0. The van der Waals surface area contributed by atoms with Crippen molar-refractivity contribution < 1.29 is 14.6 Å². The number of benzene rings is 2. The molecule has 1 amide bonds. The van der Waals surface area contributed by atoms with Gasteiger partial charge in [-0.25, -0.2) is 4.99 Å². The lowest BCUT2D eigenvalue weighted by Crippen LogP contribution is -2.43. The Morgan fingerprint density at radius 2 is 2.00 bits per heavy atom. The van der Waals surface area contributed by atoms with Crippen molar-refractivity contribution in [3.05, 3.63) is 64.7 Å². The van der Waals surface area contributed by atoms with Crippen LogP contribution in [0.2, 0.25) is 0 Å². The first-order valence-corrected chi connectivity index (χ1v) is 8.22. The lowest BCUT2D eigenvalue weighted by atomic mass is 9.97. The van der Waals surface area contributed by atoms with Crippen LogP contribution in [0.4, 0.5) is 0 Å². The van der Waals surface area contributed by atoms with Gasteiger partial charge in [-0.05, 0) is 41.8 Å². The van der Waals surface area contributed by atoms with Crippen molar-refractivity contribution >= 4 is 17.8 Å². The summed E-state index contributed by atoms with van der Waals surface area (Å²) in [5, 5.41) is 12.7. The highest BCUT2D eigenvalue weighted by atomic mass is 16.5. The Bertz CT molecular complexity index is 928. The van der Waals surface area contributed by atoms with Gasteiger partial charge in [0.1, 0.15) is 17.3 Å². The van der Waals surface area contributed by atoms with Gasteiger partial charge >= 0.3 is 0 Å². The number of hydrogen-bond acceptors (Lipinski definition) is 4. The molecule has 0 saturated carbocycles. The SMILES string of the molecule is CC(C)c1ccc2c(c1)C=C1C(=O)NC(c3ccccc3O)=NC1O2. The zero-order valence-corrected chi connectivity index (χ0v) is 14.0. The van der Waals surface area contributed by atoms with Crippen LogP contribution >= 0.6 is 0 Å². The van der Waals surface area contributed by atoms with Gasteiger partial charge in [-0.3, -0.25) is 4.79 Å². The molecule has 5 heteroatoms. The summed E-state index contributed by atoms with van der Waals surface area (Å²) < 4.78 is 5.93. The summed E-state index contributed by atoms with van der Waals surface area (Å²) in [5.74, 6) is 1.21. The number of ether oxygens (including phenoxy) is 1. The average molecular weight is 334 g/mol. The second-order valence-electron chi connectivity index (χ2n) is 6.47. The normalized spacial score (nSPS) is 18.5. The third-order valence-electron chi connectivity index (χ3n) is 4.42. The fourth-order valence-corrected chi connectivity index (χ4v) is 2.98. The van der Waals surface area contributed by atoms with Gasteiger partial charge in [0.2, 0.25) is 6.23 Å². The number of para-hydroxylation sites is 1. The van der Waals surface area contributed by atoms with Crippen LogP contribution in [0.1, 0.15) is 36.5 Å². The Hall–Kier alpha value is -3.08. The van der Waals surface area contributed by atoms with E-state index in [1.54, 1.807) is 24.3 Å². The van der Waals surface area contributed by atoms with E-state index in [9.17, 15) is 9.90 Å². The van der Waals surface area contributed by atoms with Crippen LogP contribution < -0.4 is 10.1 Å². The quantitative estimate of drug-likeness (QED) is 0.886. The molecule has 0 saturated heterocycles. The summed E-state index contributed by atoms with van der Waals surface area (Å²) in [4.78, 5) is 17.0. The zero-order valence-electron chi connectivity index (χ0n) is 14.0. The maximum absolute atomic E-state index is 12.5. The Morgan fingerprint density at radius 3 is 2.76 bits per heavy atom. The van der Waals surface area contributed by atoms with Crippen molar-refractivity contribution in [2.45, 2.75) is 26.0 Å². The van der Waals surface area contributed by atoms with E-state index in [0.29, 0.717) is 28.6 Å². The number of rotatable bonds is 2. The van der Waals surface area contributed by atoms with E-state index in [1.165, 1.54) is 5.56 Å². The predicted octanol–water partition coefficient (Wildman–Crippen LogP) is 3.19. The van der Waals surface area contributed by atoms with Crippen LogP contribution in [-0.2, 0) is 4.79 Å². The predicted molar refractivity (Wildman–Crippen MR) is 95.7 cm³/mol. The van der Waals surface area contributed by atoms with Crippen LogP contribution in [0.3, 0.4) is 0 Å². The molecular formula is C20H18N2O3. The number of carbonyl (C=O) groups excluding carboxylic acids is 1. The minimum absolute atomic E-state index is 0.0618. The number of aromatic hydroxyl groups is 1. The number of phenolic OH excluding ortho intramolecular Hbond substituents is 1. The van der Waals surface area contributed by atoms with Gasteiger partial charge in [0.05, 0.1) is 11.1 Å². The molecule has 0 aliphatic carbocycles. The number of aliphatic imine (C=N–C) groups is 1. The summed E-state index contributed by atoms with van der Waals surface area (Å²) in [7, 11) is 0. The molecule has 0 spiro atoms. The molecule has 1 atom stereocenters. The van der Waals surface area contributed by atoms with Crippen molar-refractivity contribution in [2.75, 3.05) is 0 Å². The molecule has 1 unspecified atom stereocenters. The van der Waals surface area contributed by atoms with Crippen molar-refractivity contribution in [3.63, 3.8) is 0 Å². The van der Waals surface area contributed by atoms with Gasteiger partial charge in [-0.2, -0.15) is 0 Å². The number of amidine groups is 1. The largest absolute Gasteiger partial charge is 0.507 e. The molecule has 2 N–H and O–H groups in total. The first-order chi connectivity index (χ1) is 12.0. The van der Waals surface area contributed by atoms with Crippen LogP contribution in [0.15, 0.2) is 53.0 Å². The number of fused-ring (bicyclic) bond motifs is 2. The molecule has 0 radical (unpaired) electrons. The standard InChI is InChI=1S/C20H18N2O3/c1-11(2)12-7-8-17-13(9-12)10-15-19(24)21-18(22-20(15)25-17)14-5-3-4-6-16(14)23/h3-11,20,23H,1-2H3,(H,21,22,24). The van der Waals surface area contributed by atoms with Gasteiger partial charge in [-0.15, -0.1) is 0 Å². The van der Waals surface area contributed by atoms with Crippen LogP contribution in [0.5, 0.6) is 11.5 Å². The molecule has 2 aliphatic heterocycles. The van der Waals surface area contributed by atoms with E-state index in [-0.39, 0.29) is 11.7 Å². The van der Waals surface area contributed by atoms with E-state index in [0.717, 1.165) is 5.56 Å². The average Bonchev–Trinajstić information content (AvgIpc) is 2.60. The highest BCUT2D eigenvalue weighted by Crippen LogP contribution is 2.34. The highest BCUT2D eigenvalue weighted by Gasteiger charge is 2.33. The summed E-state index contributed by atoms with van der Waals surface area (Å²) in [6, 6.07) is 12.7. The fraction of sp³-hybridized carbons (Fsp3) is 0.200. The highest BCUT2D eigenvalue weighted by molar-refractivity contribution is 6.17. The molecule has 0 bridgehead atoms. The van der Waals surface area contributed by atoms with Crippen molar-refractivity contribution in [2.24, 2.45) is 4.99 Å². The van der Waals surface area contributed by atoms with Crippen molar-refractivity contribution in [1.29, 1.82) is 0 Å². The van der Waals surface area contributed by atoms with Gasteiger partial charge in [0.15, 0.2) is 0 Å². The topological polar surface area (TPSA) is 70.9 Å². The van der Waals surface area contributed by atoms with E-state index in [2.05, 4.69) is 24.2 Å². The van der Waals surface area contributed by atoms with E-state index in [1.807, 2.05) is 24.3 Å². The molecule has 0 fully saturated rings.